The van der Waals surface area contributed by atoms with Gasteiger partial charge in [-0.3, -0.25) is 4.79 Å². The maximum Gasteiger partial charge on any atom is 0.193 e. The quantitative estimate of drug-likeness (QED) is 0.601. The van der Waals surface area contributed by atoms with Gasteiger partial charge in [-0.15, -0.1) is 0 Å². The standard InChI is InChI=1S/C19H17NO4/c1-22-15-10-17(23-2)19(18(11-15)24-3)16(21)8-7-13-5-4-6-14(9-13)12-20/h4-11H,1-3H3. The van der Waals surface area contributed by atoms with Crippen LogP contribution in [0.3, 0.4) is 0 Å². The van der Waals surface area contributed by atoms with Gasteiger partial charge in [-0.25, -0.2) is 0 Å². The molecule has 0 unspecified atom stereocenters. The highest BCUT2D eigenvalue weighted by atomic mass is 16.5. The Morgan fingerprint density at radius 3 is 2.25 bits per heavy atom. The third kappa shape index (κ3) is 3.73. The molecular weight excluding hydrogens is 306 g/mol. The van der Waals surface area contributed by atoms with Crippen molar-refractivity contribution in [1.29, 1.82) is 5.26 Å². The lowest BCUT2D eigenvalue weighted by Gasteiger charge is -2.13. The summed E-state index contributed by atoms with van der Waals surface area (Å²) in [6.45, 7) is 0. The summed E-state index contributed by atoms with van der Waals surface area (Å²) in [5, 5.41) is 8.92. The Balaban J connectivity index is 2.38. The zero-order valence-corrected chi connectivity index (χ0v) is 13.7. The number of allylic oxidation sites excluding steroid dienone is 1. The Hall–Kier alpha value is -3.26. The zero-order chi connectivity index (χ0) is 17.5. The molecule has 2 aromatic carbocycles. The number of hydrogen-bond donors (Lipinski definition) is 0. The van der Waals surface area contributed by atoms with Crippen LogP contribution in [0.2, 0.25) is 0 Å². The molecule has 0 heterocycles. The normalized spacial score (nSPS) is 10.2. The summed E-state index contributed by atoms with van der Waals surface area (Å²) in [5.74, 6) is 0.998. The average molecular weight is 323 g/mol. The lowest BCUT2D eigenvalue weighted by atomic mass is 10.1. The Bertz CT molecular complexity index is 793. The van der Waals surface area contributed by atoms with E-state index in [-0.39, 0.29) is 5.78 Å². The van der Waals surface area contributed by atoms with Crippen LogP contribution in [0.25, 0.3) is 6.08 Å². The van der Waals surface area contributed by atoms with Gasteiger partial charge < -0.3 is 14.2 Å². The van der Waals surface area contributed by atoms with Crippen LogP contribution < -0.4 is 14.2 Å². The maximum absolute atomic E-state index is 12.6. The average Bonchev–Trinajstić information content (AvgIpc) is 2.64. The molecule has 0 amide bonds. The Morgan fingerprint density at radius 1 is 1.04 bits per heavy atom. The molecule has 122 valence electrons. The highest BCUT2D eigenvalue weighted by molar-refractivity contribution is 6.10. The molecule has 24 heavy (non-hydrogen) atoms. The number of nitrogens with zero attached hydrogens (tertiary/aromatic N) is 1. The van der Waals surface area contributed by atoms with Crippen molar-refractivity contribution in [1.82, 2.24) is 0 Å². The van der Waals surface area contributed by atoms with Crippen LogP contribution >= 0.6 is 0 Å². The van der Waals surface area contributed by atoms with Gasteiger partial charge in [-0.1, -0.05) is 18.2 Å². The molecule has 0 radical (unpaired) electrons. The molecule has 0 bridgehead atoms. The minimum absolute atomic E-state index is 0.270. The highest BCUT2D eigenvalue weighted by Crippen LogP contribution is 2.34. The molecule has 2 aromatic rings. The SMILES string of the molecule is COc1cc(OC)c(C(=O)C=Cc2cccc(C#N)c2)c(OC)c1. The van der Waals surface area contributed by atoms with Crippen molar-refractivity contribution in [3.8, 4) is 23.3 Å². The number of rotatable bonds is 6. The second kappa shape index (κ2) is 7.84. The summed E-state index contributed by atoms with van der Waals surface area (Å²) in [4.78, 5) is 12.6. The number of hydrogen-bond acceptors (Lipinski definition) is 5. The van der Waals surface area contributed by atoms with Crippen LogP contribution in [0.15, 0.2) is 42.5 Å². The van der Waals surface area contributed by atoms with Crippen LogP contribution in [-0.4, -0.2) is 27.1 Å². The monoisotopic (exact) mass is 323 g/mol. The van der Waals surface area contributed by atoms with E-state index in [4.69, 9.17) is 19.5 Å². The van der Waals surface area contributed by atoms with Crippen molar-refractivity contribution < 1.29 is 19.0 Å². The third-order valence-electron chi connectivity index (χ3n) is 3.40. The summed E-state index contributed by atoms with van der Waals surface area (Å²) >= 11 is 0. The summed E-state index contributed by atoms with van der Waals surface area (Å²) in [7, 11) is 4.48. The fourth-order valence-electron chi connectivity index (χ4n) is 2.22. The molecule has 0 aliphatic heterocycles. The Labute approximate surface area is 140 Å². The van der Waals surface area contributed by atoms with Crippen molar-refractivity contribution >= 4 is 11.9 Å². The second-order valence-electron chi connectivity index (χ2n) is 4.84. The van der Waals surface area contributed by atoms with Gasteiger partial charge in [-0.2, -0.15) is 5.26 Å². The number of ketones is 1. The first kappa shape index (κ1) is 17.1. The van der Waals surface area contributed by atoms with E-state index in [1.165, 1.54) is 27.4 Å². The third-order valence-corrected chi connectivity index (χ3v) is 3.40. The van der Waals surface area contributed by atoms with E-state index < -0.39 is 0 Å². The van der Waals surface area contributed by atoms with Gasteiger partial charge in [0.1, 0.15) is 22.8 Å². The fraction of sp³-hybridized carbons (Fsp3) is 0.158. The maximum atomic E-state index is 12.6. The van der Waals surface area contributed by atoms with Crippen LogP contribution in [0, 0.1) is 11.3 Å². The van der Waals surface area contributed by atoms with Crippen molar-refractivity contribution in [2.75, 3.05) is 21.3 Å². The molecule has 0 aromatic heterocycles. The van der Waals surface area contributed by atoms with Gasteiger partial charge in [0.15, 0.2) is 5.78 Å². The van der Waals surface area contributed by atoms with E-state index in [1.807, 2.05) is 6.07 Å². The number of carbonyl (C=O) groups excluding carboxylic acids is 1. The predicted octanol–water partition coefficient (Wildman–Crippen LogP) is 3.48. The van der Waals surface area contributed by atoms with Gasteiger partial charge in [-0.05, 0) is 23.8 Å². The molecular formula is C19H17NO4. The minimum Gasteiger partial charge on any atom is -0.496 e. The van der Waals surface area contributed by atoms with Gasteiger partial charge in [0.2, 0.25) is 0 Å². The predicted molar refractivity (Wildman–Crippen MR) is 90.6 cm³/mol. The molecule has 0 N–H and O–H groups in total. The minimum atomic E-state index is -0.270. The smallest absolute Gasteiger partial charge is 0.193 e. The van der Waals surface area contributed by atoms with Gasteiger partial charge in [0, 0.05) is 12.1 Å². The van der Waals surface area contributed by atoms with Crippen LogP contribution in [0.5, 0.6) is 17.2 Å². The molecule has 0 aliphatic carbocycles. The van der Waals surface area contributed by atoms with Crippen molar-refractivity contribution in [2.24, 2.45) is 0 Å². The van der Waals surface area contributed by atoms with Crippen LogP contribution in [0.4, 0.5) is 0 Å². The van der Waals surface area contributed by atoms with Crippen molar-refractivity contribution in [3.63, 3.8) is 0 Å². The van der Waals surface area contributed by atoms with Crippen molar-refractivity contribution in [3.05, 3.63) is 59.2 Å². The zero-order valence-electron chi connectivity index (χ0n) is 13.7. The van der Waals surface area contributed by atoms with E-state index in [2.05, 4.69) is 6.07 Å². The first-order valence-corrected chi connectivity index (χ1v) is 7.15. The Morgan fingerprint density at radius 2 is 1.71 bits per heavy atom. The van der Waals surface area contributed by atoms with E-state index in [9.17, 15) is 4.79 Å². The van der Waals surface area contributed by atoms with E-state index in [1.54, 1.807) is 36.4 Å². The van der Waals surface area contributed by atoms with Crippen LogP contribution in [-0.2, 0) is 0 Å². The largest absolute Gasteiger partial charge is 0.496 e. The molecule has 0 saturated carbocycles. The summed E-state index contributed by atoms with van der Waals surface area (Å²) in [5.41, 5.74) is 1.60. The molecule has 5 heteroatoms. The number of benzene rings is 2. The number of nitriles is 1. The lowest BCUT2D eigenvalue weighted by molar-refractivity contribution is 0.104. The lowest BCUT2D eigenvalue weighted by Crippen LogP contribution is -2.03. The summed E-state index contributed by atoms with van der Waals surface area (Å²) in [6.07, 6.45) is 3.07. The molecule has 0 atom stereocenters. The number of carbonyl (C=O) groups is 1. The summed E-state index contributed by atoms with van der Waals surface area (Å²) < 4.78 is 15.7. The molecule has 0 fully saturated rings. The first-order valence-electron chi connectivity index (χ1n) is 7.15. The molecule has 5 nitrogen and oxygen atoms in total. The topological polar surface area (TPSA) is 68.5 Å². The van der Waals surface area contributed by atoms with E-state index in [0.29, 0.717) is 28.4 Å². The van der Waals surface area contributed by atoms with Crippen LogP contribution in [0.1, 0.15) is 21.5 Å². The van der Waals surface area contributed by atoms with Gasteiger partial charge in [0.05, 0.1) is 33.0 Å². The van der Waals surface area contributed by atoms with Gasteiger partial charge >= 0.3 is 0 Å². The fourth-order valence-corrected chi connectivity index (χ4v) is 2.22. The number of methoxy groups -OCH3 is 3. The van der Waals surface area contributed by atoms with Gasteiger partial charge in [0.25, 0.3) is 0 Å². The molecule has 0 saturated heterocycles. The Kier molecular flexibility index (Phi) is 5.58. The highest BCUT2D eigenvalue weighted by Gasteiger charge is 2.18. The molecule has 0 spiro atoms. The van der Waals surface area contributed by atoms with E-state index >= 15 is 0 Å². The second-order valence-corrected chi connectivity index (χ2v) is 4.84. The first-order chi connectivity index (χ1) is 11.6. The van der Waals surface area contributed by atoms with Crippen molar-refractivity contribution in [2.45, 2.75) is 0 Å². The molecule has 2 rings (SSSR count). The van der Waals surface area contributed by atoms with E-state index in [0.717, 1.165) is 5.56 Å². The molecule has 0 aliphatic rings. The summed E-state index contributed by atoms with van der Waals surface area (Å²) in [6, 6.07) is 12.3. The number of ether oxygens (including phenoxy) is 3.